The highest BCUT2D eigenvalue weighted by molar-refractivity contribution is 5.79. The van der Waals surface area contributed by atoms with Crippen molar-refractivity contribution in [3.05, 3.63) is 30.0 Å². The Kier molecular flexibility index (Phi) is 4.97. The van der Waals surface area contributed by atoms with Crippen molar-refractivity contribution in [1.29, 1.82) is 0 Å². The van der Waals surface area contributed by atoms with Crippen LogP contribution >= 0.6 is 0 Å². The number of aryl methyl sites for hydroxylation is 1. The van der Waals surface area contributed by atoms with Gasteiger partial charge in [-0.15, -0.1) is 0 Å². The number of H-pyrrole nitrogens is 1. The van der Waals surface area contributed by atoms with Gasteiger partial charge in [0.15, 0.2) is 5.82 Å². The van der Waals surface area contributed by atoms with E-state index in [4.69, 9.17) is 9.72 Å². The molecule has 7 nitrogen and oxygen atoms in total. The summed E-state index contributed by atoms with van der Waals surface area (Å²) in [4.78, 5) is 31.7. The van der Waals surface area contributed by atoms with Crippen LogP contribution < -0.4 is 0 Å². The fraction of sp³-hybridized carbons (Fsp3) is 0.579. The van der Waals surface area contributed by atoms with Crippen LogP contribution in [-0.2, 0) is 9.53 Å². The van der Waals surface area contributed by atoms with Gasteiger partial charge in [-0.05, 0) is 38.7 Å². The summed E-state index contributed by atoms with van der Waals surface area (Å²) < 4.78 is 5.39. The van der Waals surface area contributed by atoms with Crippen LogP contribution in [0.15, 0.2) is 18.5 Å². The molecule has 0 saturated carbocycles. The van der Waals surface area contributed by atoms with Crippen LogP contribution in [0.25, 0.3) is 11.5 Å². The molecular weight excluding hydrogens is 330 g/mol. The lowest BCUT2D eigenvalue weighted by Crippen LogP contribution is -2.44. The van der Waals surface area contributed by atoms with E-state index in [1.807, 2.05) is 17.9 Å². The predicted molar refractivity (Wildman–Crippen MR) is 96.4 cm³/mol. The minimum absolute atomic E-state index is 0.111. The van der Waals surface area contributed by atoms with Crippen molar-refractivity contribution >= 4 is 5.91 Å². The van der Waals surface area contributed by atoms with Gasteiger partial charge in [0.25, 0.3) is 0 Å². The molecular formula is C19H25N5O2. The van der Waals surface area contributed by atoms with Gasteiger partial charge in [-0.25, -0.2) is 15.0 Å². The average Bonchev–Trinajstić information content (AvgIpc) is 3.23. The Bertz CT molecular complexity index is 755. The number of nitrogens with one attached hydrogen (secondary N) is 1. The highest BCUT2D eigenvalue weighted by atomic mass is 16.5. The smallest absolute Gasteiger partial charge is 0.225 e. The number of carbonyl (C=O) groups excluding carboxylic acids is 1. The molecule has 2 saturated heterocycles. The Morgan fingerprint density at radius 3 is 2.88 bits per heavy atom. The Morgan fingerprint density at radius 1 is 1.27 bits per heavy atom. The third kappa shape index (κ3) is 3.62. The number of hydrogen-bond acceptors (Lipinski definition) is 5. The molecule has 2 aromatic heterocycles. The first-order valence-corrected chi connectivity index (χ1v) is 9.42. The molecule has 4 heterocycles. The molecule has 0 radical (unpaired) electrons. The topological polar surface area (TPSA) is 84.0 Å². The molecule has 0 aliphatic carbocycles. The van der Waals surface area contributed by atoms with Crippen LogP contribution in [0.2, 0.25) is 0 Å². The molecule has 26 heavy (non-hydrogen) atoms. The van der Waals surface area contributed by atoms with Gasteiger partial charge in [0, 0.05) is 56.2 Å². The number of piperidine rings is 1. The van der Waals surface area contributed by atoms with Crippen LogP contribution in [0.1, 0.15) is 43.1 Å². The van der Waals surface area contributed by atoms with Gasteiger partial charge in [0.1, 0.15) is 11.5 Å². The predicted octanol–water partition coefficient (Wildman–Crippen LogP) is 2.31. The molecule has 2 aliphatic rings. The lowest BCUT2D eigenvalue weighted by Gasteiger charge is -2.35. The zero-order valence-electron chi connectivity index (χ0n) is 15.1. The van der Waals surface area contributed by atoms with E-state index in [1.165, 1.54) is 0 Å². The molecule has 138 valence electrons. The number of likely N-dealkylation sites (tertiary alicyclic amines) is 1. The van der Waals surface area contributed by atoms with E-state index in [0.717, 1.165) is 55.3 Å². The van der Waals surface area contributed by atoms with Crippen molar-refractivity contribution in [2.75, 3.05) is 26.3 Å². The van der Waals surface area contributed by atoms with Crippen LogP contribution in [0.3, 0.4) is 0 Å². The van der Waals surface area contributed by atoms with E-state index in [-0.39, 0.29) is 17.7 Å². The second-order valence-corrected chi connectivity index (χ2v) is 7.20. The van der Waals surface area contributed by atoms with Crippen LogP contribution in [0.5, 0.6) is 0 Å². The van der Waals surface area contributed by atoms with Crippen molar-refractivity contribution in [2.45, 2.75) is 38.5 Å². The molecule has 1 atom stereocenters. The lowest BCUT2D eigenvalue weighted by atomic mass is 9.93. The molecule has 2 aliphatic heterocycles. The molecule has 0 bridgehead atoms. The van der Waals surface area contributed by atoms with Crippen LogP contribution in [0.4, 0.5) is 0 Å². The van der Waals surface area contributed by atoms with Gasteiger partial charge in [-0.3, -0.25) is 4.79 Å². The summed E-state index contributed by atoms with van der Waals surface area (Å²) in [6, 6.07) is 1.94. The van der Waals surface area contributed by atoms with Gasteiger partial charge < -0.3 is 14.6 Å². The van der Waals surface area contributed by atoms with Gasteiger partial charge in [-0.2, -0.15) is 0 Å². The van der Waals surface area contributed by atoms with E-state index < -0.39 is 0 Å². The molecule has 4 rings (SSSR count). The van der Waals surface area contributed by atoms with E-state index >= 15 is 0 Å². The minimum atomic E-state index is 0.111. The third-order valence-corrected chi connectivity index (χ3v) is 5.28. The summed E-state index contributed by atoms with van der Waals surface area (Å²) >= 11 is 0. The summed E-state index contributed by atoms with van der Waals surface area (Å²) in [6.45, 7) is 4.91. The summed E-state index contributed by atoms with van der Waals surface area (Å²) in [6.07, 6.45) is 7.20. The SMILES string of the molecule is Cc1cc(-c2ncc[nH]2)nc([C@@H]2CCCN(C(=O)C3CCOCC3)C2)n1. The fourth-order valence-electron chi connectivity index (χ4n) is 3.89. The molecule has 1 N–H and O–H groups in total. The van der Waals surface area contributed by atoms with Crippen LogP contribution in [0, 0.1) is 12.8 Å². The number of carbonyl (C=O) groups is 1. The summed E-state index contributed by atoms with van der Waals surface area (Å²) in [7, 11) is 0. The lowest BCUT2D eigenvalue weighted by molar-refractivity contribution is -0.139. The average molecular weight is 355 g/mol. The zero-order valence-corrected chi connectivity index (χ0v) is 15.1. The maximum Gasteiger partial charge on any atom is 0.225 e. The quantitative estimate of drug-likeness (QED) is 0.913. The first kappa shape index (κ1) is 17.1. The largest absolute Gasteiger partial charge is 0.381 e. The van der Waals surface area contributed by atoms with E-state index in [1.54, 1.807) is 12.4 Å². The number of hydrogen-bond donors (Lipinski definition) is 1. The van der Waals surface area contributed by atoms with Gasteiger partial charge in [0.2, 0.25) is 5.91 Å². The summed E-state index contributed by atoms with van der Waals surface area (Å²) in [5, 5.41) is 0. The van der Waals surface area contributed by atoms with Crippen molar-refractivity contribution in [3.63, 3.8) is 0 Å². The van der Waals surface area contributed by atoms with E-state index in [0.29, 0.717) is 19.8 Å². The molecule has 7 heteroatoms. The number of ether oxygens (including phenoxy) is 1. The summed E-state index contributed by atoms with van der Waals surface area (Å²) in [5.74, 6) is 2.14. The molecule has 2 aromatic rings. The summed E-state index contributed by atoms with van der Waals surface area (Å²) in [5.41, 5.74) is 1.74. The number of rotatable bonds is 3. The maximum absolute atomic E-state index is 12.9. The highest BCUT2D eigenvalue weighted by Gasteiger charge is 2.31. The molecule has 2 fully saturated rings. The normalized spacial score (nSPS) is 21.7. The highest BCUT2D eigenvalue weighted by Crippen LogP contribution is 2.28. The number of imidazole rings is 1. The van der Waals surface area contributed by atoms with Crippen molar-refractivity contribution in [1.82, 2.24) is 24.8 Å². The zero-order chi connectivity index (χ0) is 17.9. The van der Waals surface area contributed by atoms with Gasteiger partial charge >= 0.3 is 0 Å². The first-order chi connectivity index (χ1) is 12.7. The van der Waals surface area contributed by atoms with E-state index in [2.05, 4.69) is 15.0 Å². The standard InChI is InChI=1S/C19H25N5O2/c1-13-11-16(18-20-6-7-21-18)23-17(22-13)15-3-2-8-24(12-15)19(25)14-4-9-26-10-5-14/h6-7,11,14-15H,2-5,8-10,12H2,1H3,(H,20,21)/t15-/m1/s1. The number of aromatic amines is 1. The van der Waals surface area contributed by atoms with Crippen molar-refractivity contribution in [3.8, 4) is 11.5 Å². The number of nitrogens with zero attached hydrogens (tertiary/aromatic N) is 4. The van der Waals surface area contributed by atoms with Gasteiger partial charge in [-0.1, -0.05) is 0 Å². The van der Waals surface area contributed by atoms with Gasteiger partial charge in [0.05, 0.1) is 0 Å². The Morgan fingerprint density at radius 2 is 2.12 bits per heavy atom. The third-order valence-electron chi connectivity index (χ3n) is 5.28. The molecule has 1 amide bonds. The Labute approximate surface area is 153 Å². The first-order valence-electron chi connectivity index (χ1n) is 9.42. The fourth-order valence-corrected chi connectivity index (χ4v) is 3.89. The molecule has 0 spiro atoms. The molecule has 0 unspecified atom stereocenters. The number of aromatic nitrogens is 4. The second kappa shape index (κ2) is 7.53. The molecule has 0 aromatic carbocycles. The van der Waals surface area contributed by atoms with Crippen LogP contribution in [-0.4, -0.2) is 57.0 Å². The number of amides is 1. The minimum Gasteiger partial charge on any atom is -0.381 e. The van der Waals surface area contributed by atoms with E-state index in [9.17, 15) is 4.79 Å². The van der Waals surface area contributed by atoms with Crippen molar-refractivity contribution in [2.24, 2.45) is 5.92 Å². The monoisotopic (exact) mass is 355 g/mol. The maximum atomic E-state index is 12.9. The van der Waals surface area contributed by atoms with Crippen molar-refractivity contribution < 1.29 is 9.53 Å². The Balaban J connectivity index is 1.51. The Hall–Kier alpha value is -2.28. The second-order valence-electron chi connectivity index (χ2n) is 7.20.